The maximum Gasteiger partial charge on any atom is 0.123 e. The van der Waals surface area contributed by atoms with Crippen molar-refractivity contribution in [2.45, 2.75) is 12.6 Å². The fraction of sp³-hybridized carbons (Fsp3) is 0.538. The monoisotopic (exact) mass is 238 g/mol. The quantitative estimate of drug-likeness (QED) is 0.857. The van der Waals surface area contributed by atoms with Gasteiger partial charge in [-0.2, -0.15) is 0 Å². The van der Waals surface area contributed by atoms with Gasteiger partial charge >= 0.3 is 0 Å². The summed E-state index contributed by atoms with van der Waals surface area (Å²) in [4.78, 5) is 2.20. The first-order valence-corrected chi connectivity index (χ1v) is 5.91. The van der Waals surface area contributed by atoms with E-state index < -0.39 is 0 Å². The summed E-state index contributed by atoms with van der Waals surface area (Å²) >= 11 is 0. The van der Waals surface area contributed by atoms with Crippen LogP contribution in [0.3, 0.4) is 0 Å². The topological polar surface area (TPSA) is 38.5 Å². The van der Waals surface area contributed by atoms with E-state index >= 15 is 0 Å². The second-order valence-electron chi connectivity index (χ2n) is 4.78. The third-order valence-corrected chi connectivity index (χ3v) is 3.16. The summed E-state index contributed by atoms with van der Waals surface area (Å²) in [7, 11) is 2.05. The van der Waals surface area contributed by atoms with Crippen molar-refractivity contribution >= 4 is 0 Å². The van der Waals surface area contributed by atoms with E-state index in [-0.39, 0.29) is 11.9 Å². The minimum atomic E-state index is -0.192. The van der Waals surface area contributed by atoms with Gasteiger partial charge in [-0.05, 0) is 24.7 Å². The molecule has 0 radical (unpaired) electrons. The maximum atomic E-state index is 12.8. The Hall–Kier alpha value is -0.970. The van der Waals surface area contributed by atoms with Crippen molar-refractivity contribution in [1.82, 2.24) is 4.90 Å². The van der Waals surface area contributed by atoms with Crippen LogP contribution in [0.2, 0.25) is 0 Å². The Kier molecular flexibility index (Phi) is 4.10. The molecule has 1 saturated heterocycles. The van der Waals surface area contributed by atoms with Gasteiger partial charge in [0, 0.05) is 25.0 Å². The predicted octanol–water partition coefficient (Wildman–Crippen LogP) is 1.23. The number of benzene rings is 1. The summed E-state index contributed by atoms with van der Waals surface area (Å²) in [5.41, 5.74) is 7.05. The molecule has 0 amide bonds. The fourth-order valence-electron chi connectivity index (χ4n) is 2.17. The van der Waals surface area contributed by atoms with Gasteiger partial charge in [0.05, 0.1) is 13.2 Å². The van der Waals surface area contributed by atoms with E-state index in [4.69, 9.17) is 10.5 Å². The number of nitrogens with zero attached hydrogens (tertiary/aromatic N) is 1. The lowest BCUT2D eigenvalue weighted by molar-refractivity contribution is 0.172. The van der Waals surface area contributed by atoms with E-state index in [9.17, 15) is 4.39 Å². The molecule has 1 aromatic rings. The lowest BCUT2D eigenvalue weighted by atomic mass is 10.0. The first-order valence-electron chi connectivity index (χ1n) is 5.91. The van der Waals surface area contributed by atoms with Crippen LogP contribution in [0, 0.1) is 11.7 Å². The summed E-state index contributed by atoms with van der Waals surface area (Å²) in [5.74, 6) is 0.211. The Morgan fingerprint density at radius 1 is 1.35 bits per heavy atom. The SMILES string of the molecule is CN(Cc1ccc(F)cc1)CC1COCC1N. The molecule has 2 N–H and O–H groups in total. The molecule has 0 aromatic heterocycles. The molecule has 0 spiro atoms. The van der Waals surface area contributed by atoms with E-state index in [0.29, 0.717) is 12.5 Å². The molecule has 1 aromatic carbocycles. The number of ether oxygens (including phenoxy) is 1. The van der Waals surface area contributed by atoms with Crippen molar-refractivity contribution in [2.75, 3.05) is 26.8 Å². The normalized spacial score (nSPS) is 24.5. The third-order valence-electron chi connectivity index (χ3n) is 3.16. The molecule has 1 aliphatic heterocycles. The van der Waals surface area contributed by atoms with Crippen LogP contribution in [0.25, 0.3) is 0 Å². The Morgan fingerprint density at radius 2 is 2.06 bits per heavy atom. The number of rotatable bonds is 4. The van der Waals surface area contributed by atoms with Crippen molar-refractivity contribution in [3.63, 3.8) is 0 Å². The lowest BCUT2D eigenvalue weighted by Gasteiger charge is -2.22. The molecular weight excluding hydrogens is 219 g/mol. The van der Waals surface area contributed by atoms with Gasteiger partial charge in [0.1, 0.15) is 5.82 Å². The molecule has 1 aliphatic rings. The van der Waals surface area contributed by atoms with Gasteiger partial charge in [0.25, 0.3) is 0 Å². The van der Waals surface area contributed by atoms with E-state index in [1.165, 1.54) is 12.1 Å². The highest BCUT2D eigenvalue weighted by Gasteiger charge is 2.25. The summed E-state index contributed by atoms with van der Waals surface area (Å²) in [6.45, 7) is 3.13. The molecule has 0 bridgehead atoms. The summed E-state index contributed by atoms with van der Waals surface area (Å²) < 4.78 is 18.1. The van der Waals surface area contributed by atoms with Gasteiger partial charge in [-0.15, -0.1) is 0 Å². The largest absolute Gasteiger partial charge is 0.379 e. The van der Waals surface area contributed by atoms with Gasteiger partial charge in [-0.25, -0.2) is 4.39 Å². The zero-order valence-corrected chi connectivity index (χ0v) is 10.1. The van der Waals surface area contributed by atoms with Crippen LogP contribution >= 0.6 is 0 Å². The van der Waals surface area contributed by atoms with Crippen molar-refractivity contribution in [1.29, 1.82) is 0 Å². The summed E-state index contributed by atoms with van der Waals surface area (Å²) in [6, 6.07) is 6.76. The molecule has 0 saturated carbocycles. The Balaban J connectivity index is 1.84. The minimum Gasteiger partial charge on any atom is -0.379 e. The van der Waals surface area contributed by atoms with E-state index in [0.717, 1.165) is 25.3 Å². The molecule has 2 atom stereocenters. The van der Waals surface area contributed by atoms with Crippen molar-refractivity contribution in [3.05, 3.63) is 35.6 Å². The molecule has 1 heterocycles. The second-order valence-corrected chi connectivity index (χ2v) is 4.78. The van der Waals surface area contributed by atoms with E-state index in [2.05, 4.69) is 4.90 Å². The van der Waals surface area contributed by atoms with Gasteiger partial charge < -0.3 is 15.4 Å². The van der Waals surface area contributed by atoms with Crippen LogP contribution in [0.1, 0.15) is 5.56 Å². The molecular formula is C13H19FN2O. The highest BCUT2D eigenvalue weighted by Crippen LogP contribution is 2.14. The average molecular weight is 238 g/mol. The smallest absolute Gasteiger partial charge is 0.123 e. The van der Waals surface area contributed by atoms with Crippen LogP contribution in [0.4, 0.5) is 4.39 Å². The molecule has 0 aliphatic carbocycles. The Bertz CT molecular complexity index is 355. The highest BCUT2D eigenvalue weighted by atomic mass is 19.1. The van der Waals surface area contributed by atoms with Gasteiger partial charge in [0.15, 0.2) is 0 Å². The van der Waals surface area contributed by atoms with Crippen LogP contribution in [0.15, 0.2) is 24.3 Å². The highest BCUT2D eigenvalue weighted by molar-refractivity contribution is 5.15. The number of nitrogens with two attached hydrogens (primary N) is 1. The Morgan fingerprint density at radius 3 is 2.65 bits per heavy atom. The van der Waals surface area contributed by atoms with Crippen molar-refractivity contribution < 1.29 is 9.13 Å². The minimum absolute atomic E-state index is 0.144. The zero-order valence-electron chi connectivity index (χ0n) is 10.1. The maximum absolute atomic E-state index is 12.8. The molecule has 1 fully saturated rings. The standard InChI is InChI=1S/C13H19FN2O/c1-16(7-11-8-17-9-13(11)15)6-10-2-4-12(14)5-3-10/h2-5,11,13H,6-9,15H2,1H3. The molecule has 2 rings (SSSR count). The summed E-state index contributed by atoms with van der Waals surface area (Å²) in [5, 5.41) is 0. The van der Waals surface area contributed by atoms with Crippen molar-refractivity contribution in [2.24, 2.45) is 11.7 Å². The molecule has 17 heavy (non-hydrogen) atoms. The lowest BCUT2D eigenvalue weighted by Crippen LogP contribution is -2.36. The number of hydrogen-bond acceptors (Lipinski definition) is 3. The van der Waals surface area contributed by atoms with Crippen molar-refractivity contribution in [3.8, 4) is 0 Å². The van der Waals surface area contributed by atoms with E-state index in [1.54, 1.807) is 0 Å². The summed E-state index contributed by atoms with van der Waals surface area (Å²) in [6.07, 6.45) is 0. The van der Waals surface area contributed by atoms with Crippen LogP contribution in [-0.2, 0) is 11.3 Å². The molecule has 2 unspecified atom stereocenters. The zero-order chi connectivity index (χ0) is 12.3. The number of halogens is 1. The molecule has 4 heteroatoms. The Labute approximate surface area is 101 Å². The number of hydrogen-bond donors (Lipinski definition) is 1. The second kappa shape index (κ2) is 5.58. The van der Waals surface area contributed by atoms with Crippen LogP contribution < -0.4 is 5.73 Å². The average Bonchev–Trinajstić information content (AvgIpc) is 2.68. The van der Waals surface area contributed by atoms with Gasteiger partial charge in [-0.3, -0.25) is 0 Å². The predicted molar refractivity (Wildman–Crippen MR) is 65.0 cm³/mol. The van der Waals surface area contributed by atoms with E-state index in [1.807, 2.05) is 19.2 Å². The first kappa shape index (κ1) is 12.5. The first-order chi connectivity index (χ1) is 8.15. The molecule has 3 nitrogen and oxygen atoms in total. The van der Waals surface area contributed by atoms with Crippen LogP contribution in [0.5, 0.6) is 0 Å². The third kappa shape index (κ3) is 3.49. The molecule has 94 valence electrons. The van der Waals surface area contributed by atoms with Gasteiger partial charge in [0.2, 0.25) is 0 Å². The van der Waals surface area contributed by atoms with Crippen LogP contribution in [-0.4, -0.2) is 37.7 Å². The fourth-order valence-corrected chi connectivity index (χ4v) is 2.17. The van der Waals surface area contributed by atoms with Gasteiger partial charge in [-0.1, -0.05) is 12.1 Å².